The Balaban J connectivity index is 3.80. The summed E-state index contributed by atoms with van der Waals surface area (Å²) in [6.45, 7) is 35.2. The number of rotatable bonds is 33. The monoisotopic (exact) mass is 888 g/mol. The smallest absolute Gasteiger partial charge is 0.193 e. The molecule has 0 bridgehead atoms. The lowest BCUT2D eigenvalue weighted by atomic mass is 9.85. The van der Waals surface area contributed by atoms with E-state index in [1.807, 2.05) is 24.3 Å². The van der Waals surface area contributed by atoms with E-state index in [2.05, 4.69) is 116 Å². The molecule has 0 aliphatic rings. The summed E-state index contributed by atoms with van der Waals surface area (Å²) >= 11 is 0. The van der Waals surface area contributed by atoms with Crippen LogP contribution in [0.3, 0.4) is 0 Å². The van der Waals surface area contributed by atoms with Crippen molar-refractivity contribution in [2.75, 3.05) is 7.11 Å². The number of allylic oxidation sites excluding steroid dienone is 2. The molecule has 344 valence electrons. The van der Waals surface area contributed by atoms with E-state index in [1.165, 1.54) is 0 Å². The third kappa shape index (κ3) is 17.0. The first-order valence-corrected chi connectivity index (χ1v) is 31.2. The number of ketones is 1. The molecule has 0 unspecified atom stereocenters. The highest BCUT2D eigenvalue weighted by Gasteiger charge is 2.44. The molecule has 0 amide bonds. The molecule has 1 N–H and O–H groups in total. The molecule has 0 radical (unpaired) electrons. The van der Waals surface area contributed by atoms with Crippen LogP contribution in [0.5, 0.6) is 5.75 Å². The predicted molar refractivity (Wildman–Crippen MR) is 259 cm³/mol. The Morgan fingerprint density at radius 2 is 1.33 bits per heavy atom. The number of aliphatic hydroxyl groups is 1. The van der Waals surface area contributed by atoms with E-state index < -0.39 is 48.9 Å². The van der Waals surface area contributed by atoms with Crippen LogP contribution in [-0.2, 0) is 29.4 Å². The van der Waals surface area contributed by atoms with E-state index in [0.29, 0.717) is 12.8 Å². The number of ether oxygens (including phenoxy) is 2. The summed E-state index contributed by atoms with van der Waals surface area (Å²) in [5, 5.41) is 21.4. The molecule has 0 heterocycles. The van der Waals surface area contributed by atoms with Crippen molar-refractivity contribution >= 4 is 30.7 Å². The van der Waals surface area contributed by atoms with Gasteiger partial charge in [0.25, 0.3) is 0 Å². The SMILES string of the molecule is C=C(/C=C(\C)[C@@](C)(C[C@H](O)CC(=O)[C@H](OCc1ccc(OC)cc1)[C@@H](O[Si](CC)(CC)CC)[C@H](C)C[C@@H](C)O[Si](CC)(CC)CC)O[Si](CC)(CC)CC)C[C@@H](C)CC#N. The van der Waals surface area contributed by atoms with Crippen molar-refractivity contribution in [3.05, 3.63) is 53.6 Å². The van der Waals surface area contributed by atoms with Crippen molar-refractivity contribution in [3.63, 3.8) is 0 Å². The van der Waals surface area contributed by atoms with Crippen LogP contribution in [-0.4, -0.2) is 73.0 Å². The van der Waals surface area contributed by atoms with Gasteiger partial charge in [-0.25, -0.2) is 0 Å². The van der Waals surface area contributed by atoms with Crippen LogP contribution in [0.4, 0.5) is 0 Å². The molecule has 7 atom stereocenters. The van der Waals surface area contributed by atoms with Gasteiger partial charge in [0.2, 0.25) is 0 Å². The second-order valence-electron chi connectivity index (χ2n) is 18.1. The molecule has 0 spiro atoms. The number of nitriles is 1. The summed E-state index contributed by atoms with van der Waals surface area (Å²) in [7, 11) is -4.65. The summed E-state index contributed by atoms with van der Waals surface area (Å²) in [6.07, 6.45) is 1.76. The lowest BCUT2D eigenvalue weighted by molar-refractivity contribution is -0.144. The summed E-state index contributed by atoms with van der Waals surface area (Å²) in [5.74, 6) is 0.735. The number of nitrogens with zero attached hydrogens (tertiary/aromatic N) is 1. The lowest BCUT2D eigenvalue weighted by Gasteiger charge is -2.43. The van der Waals surface area contributed by atoms with Crippen LogP contribution in [0, 0.1) is 23.2 Å². The van der Waals surface area contributed by atoms with Crippen molar-refractivity contribution in [1.82, 2.24) is 0 Å². The highest BCUT2D eigenvalue weighted by Crippen LogP contribution is 2.38. The van der Waals surface area contributed by atoms with E-state index in [1.54, 1.807) is 7.11 Å². The van der Waals surface area contributed by atoms with Gasteiger partial charge in [-0.05, 0) is 123 Å². The fourth-order valence-corrected chi connectivity index (χ4v) is 18.0. The standard InChI is InChI=1S/C49H89NO7Si3/c1-17-58(18-2,19-3)55-42(14)34-40(12)47(56-59(20-4,21-5)22-6)48(54-37-43-26-28-45(53-16)29-27-43)46(52)35-44(51)36-49(15,57-60(23-7,24-8)25-9)41(13)33-39(11)32-38(10)30-31-50/h26-29,33,38,40,42,44,47-48,51H,11,17-25,30,32,34-37H2,1-10,12-16H3/b41-33+/t38-,40+,42+,44+,47-,48-,49+/m0/s1. The zero-order valence-electron chi connectivity index (χ0n) is 41.0. The van der Waals surface area contributed by atoms with Gasteiger partial charge in [0.05, 0.1) is 37.6 Å². The van der Waals surface area contributed by atoms with Crippen LogP contribution in [0.1, 0.15) is 135 Å². The minimum absolute atomic E-state index is 0.00637. The fourth-order valence-electron chi connectivity index (χ4n) is 8.97. The zero-order chi connectivity index (χ0) is 45.7. The molecule has 60 heavy (non-hydrogen) atoms. The quantitative estimate of drug-likeness (QED) is 0.0549. The fraction of sp³-hybridized carbons (Fsp3) is 0.755. The number of carbonyl (C=O) groups is 1. The molecule has 0 aliphatic heterocycles. The molecular formula is C49H89NO7Si3. The van der Waals surface area contributed by atoms with Gasteiger partial charge in [0.15, 0.2) is 30.7 Å². The molecular weight excluding hydrogens is 799 g/mol. The highest BCUT2D eigenvalue weighted by atomic mass is 28.4. The van der Waals surface area contributed by atoms with Crippen LogP contribution in [0.15, 0.2) is 48.1 Å². The number of methoxy groups -OCH3 is 1. The maximum Gasteiger partial charge on any atom is 0.193 e. The second kappa shape index (κ2) is 27.3. The number of Topliss-reactive ketones (excluding diaryl/α,β-unsaturated/α-hetero) is 1. The Morgan fingerprint density at radius 1 is 0.833 bits per heavy atom. The first kappa shape index (κ1) is 56.1. The normalized spacial score (nSPS) is 16.9. The average Bonchev–Trinajstić information content (AvgIpc) is 3.23. The Kier molecular flexibility index (Phi) is 25.6. The Labute approximate surface area is 371 Å². The maximum absolute atomic E-state index is 15.0. The Bertz CT molecular complexity index is 1440. The molecule has 0 aromatic heterocycles. The number of benzene rings is 1. The highest BCUT2D eigenvalue weighted by molar-refractivity contribution is 6.74. The molecule has 1 aromatic carbocycles. The van der Waals surface area contributed by atoms with Gasteiger partial charge in [-0.3, -0.25) is 4.79 Å². The van der Waals surface area contributed by atoms with Crippen LogP contribution < -0.4 is 4.74 Å². The van der Waals surface area contributed by atoms with Crippen molar-refractivity contribution < 1.29 is 32.7 Å². The van der Waals surface area contributed by atoms with Crippen molar-refractivity contribution in [2.24, 2.45) is 11.8 Å². The predicted octanol–water partition coefficient (Wildman–Crippen LogP) is 13.3. The van der Waals surface area contributed by atoms with E-state index in [9.17, 15) is 10.4 Å². The first-order chi connectivity index (χ1) is 28.3. The summed E-state index contributed by atoms with van der Waals surface area (Å²) in [5.41, 5.74) is 2.01. The Hall–Kier alpha value is -1.89. The van der Waals surface area contributed by atoms with Gasteiger partial charge in [0.1, 0.15) is 11.9 Å². The topological polar surface area (TPSA) is 107 Å². The summed E-state index contributed by atoms with van der Waals surface area (Å²) in [4.78, 5) is 15.0. The van der Waals surface area contributed by atoms with E-state index >= 15 is 4.79 Å². The minimum atomic E-state index is -2.25. The third-order valence-corrected chi connectivity index (χ3v) is 28.1. The third-order valence-electron chi connectivity index (χ3n) is 13.9. The second-order valence-corrected chi connectivity index (χ2v) is 32.2. The van der Waals surface area contributed by atoms with E-state index in [4.69, 9.17) is 22.8 Å². The van der Waals surface area contributed by atoms with Crippen molar-refractivity contribution in [3.8, 4) is 11.8 Å². The number of hydrogen-bond acceptors (Lipinski definition) is 8. The van der Waals surface area contributed by atoms with Crippen LogP contribution in [0.2, 0.25) is 54.4 Å². The lowest BCUT2D eigenvalue weighted by Crippen LogP contribution is -2.52. The molecule has 0 aliphatic carbocycles. The van der Waals surface area contributed by atoms with Crippen LogP contribution >= 0.6 is 0 Å². The zero-order valence-corrected chi connectivity index (χ0v) is 44.0. The molecule has 1 rings (SSSR count). The van der Waals surface area contributed by atoms with Crippen molar-refractivity contribution in [2.45, 2.75) is 220 Å². The van der Waals surface area contributed by atoms with Gasteiger partial charge in [-0.2, -0.15) is 5.26 Å². The van der Waals surface area contributed by atoms with Gasteiger partial charge in [-0.1, -0.05) is 107 Å². The minimum Gasteiger partial charge on any atom is -0.497 e. The molecule has 0 saturated carbocycles. The largest absolute Gasteiger partial charge is 0.497 e. The molecule has 0 saturated heterocycles. The molecule has 11 heteroatoms. The average molecular weight is 889 g/mol. The van der Waals surface area contributed by atoms with Gasteiger partial charge < -0.3 is 27.9 Å². The van der Waals surface area contributed by atoms with Gasteiger partial charge >= 0.3 is 0 Å². The Morgan fingerprint density at radius 3 is 1.80 bits per heavy atom. The molecule has 0 fully saturated rings. The molecule has 1 aromatic rings. The number of carbonyl (C=O) groups excluding carboxylic acids is 1. The van der Waals surface area contributed by atoms with Gasteiger partial charge in [0, 0.05) is 25.4 Å². The molecule has 8 nitrogen and oxygen atoms in total. The summed E-state index contributed by atoms with van der Waals surface area (Å²) < 4.78 is 33.8. The number of aliphatic hydroxyl groups excluding tert-OH is 1. The van der Waals surface area contributed by atoms with E-state index in [0.717, 1.165) is 83.3 Å². The van der Waals surface area contributed by atoms with Crippen LogP contribution in [0.25, 0.3) is 0 Å². The maximum atomic E-state index is 15.0. The van der Waals surface area contributed by atoms with Crippen molar-refractivity contribution in [1.29, 1.82) is 5.26 Å². The van der Waals surface area contributed by atoms with Gasteiger partial charge in [-0.15, -0.1) is 0 Å². The summed E-state index contributed by atoms with van der Waals surface area (Å²) in [6, 6.07) is 18.9. The first-order valence-electron chi connectivity index (χ1n) is 23.6. The van der Waals surface area contributed by atoms with E-state index in [-0.39, 0.29) is 43.2 Å². The number of hydrogen-bond donors (Lipinski definition) is 1.